The van der Waals surface area contributed by atoms with Crippen molar-refractivity contribution in [2.45, 2.75) is 60.9 Å². The molecule has 81 valence electrons. The molecule has 0 heterocycles. The van der Waals surface area contributed by atoms with Crippen LogP contribution < -0.4 is 5.73 Å². The molecule has 2 fully saturated rings. The van der Waals surface area contributed by atoms with Crippen LogP contribution in [-0.4, -0.2) is 31.8 Å². The zero-order chi connectivity index (χ0) is 10.2. The summed E-state index contributed by atoms with van der Waals surface area (Å²) in [4.78, 5) is 0. The summed E-state index contributed by atoms with van der Waals surface area (Å²) in [5.74, 6) is 0. The average molecular weight is 500 g/mol. The van der Waals surface area contributed by atoms with Crippen molar-refractivity contribution in [1.29, 1.82) is 0 Å². The molecule has 1 nitrogen and oxygen atoms in total. The van der Waals surface area contributed by atoms with Gasteiger partial charge < -0.3 is 12.2 Å². The molecule has 2 N–H and O–H groups in total. The Balaban J connectivity index is 0.000000245. The maximum atomic E-state index is 5.61. The zero-order valence-corrected chi connectivity index (χ0v) is 17.7. The third-order valence-electron chi connectivity index (χ3n) is 2.92. The van der Waals surface area contributed by atoms with Gasteiger partial charge in [0.25, 0.3) is 0 Å². The molecule has 0 aliphatic heterocycles. The molecule has 0 saturated heterocycles. The van der Waals surface area contributed by atoms with Crippen molar-refractivity contribution in [3.8, 4) is 0 Å². The van der Waals surface area contributed by atoms with Gasteiger partial charge in [-0.25, -0.2) is 0 Å². The van der Waals surface area contributed by atoms with Crippen molar-refractivity contribution < 1.29 is 27.3 Å². The van der Waals surface area contributed by atoms with E-state index in [9.17, 15) is 0 Å². The average Bonchev–Trinajstić information content (AvgIpc) is 2.21. The van der Waals surface area contributed by atoms with E-state index in [0.717, 1.165) is 3.48 Å². The van der Waals surface area contributed by atoms with E-state index < -0.39 is 0 Å². The van der Waals surface area contributed by atoms with Crippen LogP contribution in [0, 0.1) is 12.8 Å². The van der Waals surface area contributed by atoms with Crippen LogP contribution in [-0.2, 0) is 27.3 Å². The van der Waals surface area contributed by atoms with Gasteiger partial charge >= 0.3 is 88.6 Å². The van der Waals surface area contributed by atoms with E-state index in [1.54, 1.807) is 0 Å². The van der Waals surface area contributed by atoms with E-state index >= 15 is 0 Å². The standard InChI is InChI=1S/C6H12N.C6H10.Cd.Pb/c7-6-4-2-1-3-5-6;1-2-4-6-5-3-1;;/h1,6H,2-5,7H2;1,6H,2-5H2;;/q2*-1;+2;. The second kappa shape index (κ2) is 10.9. The molecule has 2 aliphatic rings. The van der Waals surface area contributed by atoms with Crippen molar-refractivity contribution in [1.82, 2.24) is 0 Å². The van der Waals surface area contributed by atoms with Crippen LogP contribution in [0.2, 0.25) is 3.48 Å². The van der Waals surface area contributed by atoms with Gasteiger partial charge in [0.15, 0.2) is 0 Å². The SMILES string of the molecule is NC1CC[CH-]CC1.[Cd+2].[Pb][CH]1CC[CH-]CC1. The Labute approximate surface area is 131 Å². The van der Waals surface area contributed by atoms with Gasteiger partial charge in [-0.2, -0.15) is 12.8 Å². The van der Waals surface area contributed by atoms with Gasteiger partial charge in [0, 0.05) is 0 Å². The fraction of sp³-hybridized carbons (Fsp3) is 0.833. The van der Waals surface area contributed by atoms with Gasteiger partial charge in [0.1, 0.15) is 0 Å². The molecular weight excluding hydrogens is 478 g/mol. The molecule has 0 spiro atoms. The molecule has 0 aromatic rings. The summed E-state index contributed by atoms with van der Waals surface area (Å²) in [7, 11) is 0. The molecule has 3 radical (unpaired) electrons. The Bertz CT molecular complexity index is 116. The fourth-order valence-corrected chi connectivity index (χ4v) is 3.18. The van der Waals surface area contributed by atoms with Crippen molar-refractivity contribution in [2.24, 2.45) is 5.73 Å². The minimum absolute atomic E-state index is 0. The molecule has 2 rings (SSSR count). The van der Waals surface area contributed by atoms with Crippen molar-refractivity contribution in [3.05, 3.63) is 12.8 Å². The minimum atomic E-state index is 0. The van der Waals surface area contributed by atoms with Crippen LogP contribution in [0.3, 0.4) is 0 Å². The third-order valence-corrected chi connectivity index (χ3v) is 5.17. The molecule has 0 aromatic heterocycles. The Hall–Kier alpha value is 1.80. The van der Waals surface area contributed by atoms with Crippen molar-refractivity contribution >= 4 is 25.8 Å². The van der Waals surface area contributed by atoms with E-state index in [1.165, 1.54) is 77.1 Å². The molecule has 2 aliphatic carbocycles. The number of hydrogen-bond donors (Lipinski definition) is 1. The normalized spacial score (nSPS) is 23.6. The summed E-state index contributed by atoms with van der Waals surface area (Å²) in [5, 5.41) is 0. The van der Waals surface area contributed by atoms with Crippen molar-refractivity contribution in [2.75, 3.05) is 0 Å². The predicted molar refractivity (Wildman–Crippen MR) is 63.0 cm³/mol. The van der Waals surface area contributed by atoms with Gasteiger partial charge in [-0.1, -0.05) is 12.8 Å². The summed E-state index contributed by atoms with van der Waals surface area (Å²) >= 11 is 1.43. The molecule has 0 unspecified atom stereocenters. The molecule has 0 aromatic carbocycles. The van der Waals surface area contributed by atoms with E-state index in [4.69, 9.17) is 5.73 Å². The first-order valence-electron chi connectivity index (χ1n) is 5.89. The first kappa shape index (κ1) is 16.8. The number of rotatable bonds is 0. The third kappa shape index (κ3) is 9.50. The fourth-order valence-electron chi connectivity index (χ4n) is 1.88. The molecular formula is C12H22CdNPb. The summed E-state index contributed by atoms with van der Waals surface area (Å²) < 4.78 is 1.14. The van der Waals surface area contributed by atoms with Crippen LogP contribution in [0.1, 0.15) is 51.4 Å². The van der Waals surface area contributed by atoms with E-state index in [2.05, 4.69) is 12.8 Å². The Morgan fingerprint density at radius 1 is 0.867 bits per heavy atom. The molecule has 2 saturated carbocycles. The van der Waals surface area contributed by atoms with E-state index in [0.29, 0.717) is 6.04 Å². The van der Waals surface area contributed by atoms with Crippen LogP contribution in [0.4, 0.5) is 0 Å². The topological polar surface area (TPSA) is 26.0 Å². The van der Waals surface area contributed by atoms with Gasteiger partial charge in [-0.3, -0.25) is 0 Å². The number of nitrogens with two attached hydrogens (primary N) is 1. The second-order valence-electron chi connectivity index (χ2n) is 4.34. The summed E-state index contributed by atoms with van der Waals surface area (Å²) in [6.45, 7) is 0. The van der Waals surface area contributed by atoms with E-state index in [1.807, 2.05) is 0 Å². The van der Waals surface area contributed by atoms with Gasteiger partial charge in [0.2, 0.25) is 0 Å². The van der Waals surface area contributed by atoms with Gasteiger partial charge in [0.05, 0.1) is 0 Å². The van der Waals surface area contributed by atoms with Crippen LogP contribution in [0.5, 0.6) is 0 Å². The van der Waals surface area contributed by atoms with Gasteiger partial charge in [-0.15, -0.1) is 0 Å². The first-order chi connectivity index (χ1) is 6.79. The molecule has 15 heavy (non-hydrogen) atoms. The summed E-state index contributed by atoms with van der Waals surface area (Å²) in [5.41, 5.74) is 5.61. The quantitative estimate of drug-likeness (QED) is 0.403. The Kier molecular flexibility index (Phi) is 12.2. The Morgan fingerprint density at radius 2 is 1.27 bits per heavy atom. The number of hydrogen-bond acceptors (Lipinski definition) is 1. The molecule has 0 amide bonds. The van der Waals surface area contributed by atoms with Crippen molar-refractivity contribution in [3.63, 3.8) is 0 Å². The predicted octanol–water partition coefficient (Wildman–Crippen LogP) is 2.81. The monoisotopic (exact) mass is 502 g/mol. The summed E-state index contributed by atoms with van der Waals surface area (Å²) in [6.07, 6.45) is 15.4. The molecule has 3 heteroatoms. The maximum absolute atomic E-state index is 5.61. The van der Waals surface area contributed by atoms with Gasteiger partial charge in [-0.05, 0) is 6.04 Å². The Morgan fingerprint density at radius 3 is 1.47 bits per heavy atom. The first-order valence-corrected chi connectivity index (χ1v) is 8.13. The van der Waals surface area contributed by atoms with Crippen LogP contribution in [0.25, 0.3) is 0 Å². The molecule has 0 bridgehead atoms. The summed E-state index contributed by atoms with van der Waals surface area (Å²) in [6, 6.07) is 0.505. The van der Waals surface area contributed by atoms with Crippen LogP contribution in [0.15, 0.2) is 0 Å². The van der Waals surface area contributed by atoms with Crippen LogP contribution >= 0.6 is 0 Å². The molecule has 0 atom stereocenters. The second-order valence-corrected chi connectivity index (χ2v) is 7.52. The van der Waals surface area contributed by atoms with E-state index in [-0.39, 0.29) is 27.3 Å². The zero-order valence-electron chi connectivity index (χ0n) is 9.75.